The molecule has 1 aromatic carbocycles. The lowest BCUT2D eigenvalue weighted by Crippen LogP contribution is -2.38. The third-order valence-corrected chi connectivity index (χ3v) is 3.12. The zero-order valence-electron chi connectivity index (χ0n) is 12.6. The fraction of sp³-hybridized carbons (Fsp3) is 0.625. The van der Waals surface area contributed by atoms with Crippen LogP contribution in [0.1, 0.15) is 39.3 Å². The molecule has 0 aliphatic carbocycles. The van der Waals surface area contributed by atoms with Crippen molar-refractivity contribution in [3.8, 4) is 5.75 Å². The molecule has 108 valence electrons. The van der Waals surface area contributed by atoms with E-state index in [4.69, 9.17) is 5.73 Å². The van der Waals surface area contributed by atoms with Crippen LogP contribution >= 0.6 is 0 Å². The molecule has 0 fully saturated rings. The molecule has 19 heavy (non-hydrogen) atoms. The summed E-state index contributed by atoms with van der Waals surface area (Å²) >= 11 is 0. The Morgan fingerprint density at radius 2 is 1.68 bits per heavy atom. The molecule has 0 amide bonds. The summed E-state index contributed by atoms with van der Waals surface area (Å²) in [5, 5.41) is 9.64. The standard InChI is InChI=1S/C16H28N2O/c1-12(2)10-18(11-13(3)4)16(9-17)14-6-5-7-15(19)8-14/h5-8,12-13,16,19H,9-11,17H2,1-4H3. The van der Waals surface area contributed by atoms with Crippen molar-refractivity contribution in [2.45, 2.75) is 33.7 Å². The second-order valence-electron chi connectivity index (χ2n) is 6.09. The summed E-state index contributed by atoms with van der Waals surface area (Å²) in [7, 11) is 0. The second kappa shape index (κ2) is 7.51. The van der Waals surface area contributed by atoms with Crippen LogP contribution in [0.3, 0.4) is 0 Å². The average Bonchev–Trinajstić information content (AvgIpc) is 2.28. The van der Waals surface area contributed by atoms with Crippen LogP contribution in [-0.2, 0) is 0 Å². The van der Waals surface area contributed by atoms with Crippen LogP contribution in [0.5, 0.6) is 5.75 Å². The van der Waals surface area contributed by atoms with E-state index in [0.29, 0.717) is 24.1 Å². The molecule has 0 radical (unpaired) electrons. The van der Waals surface area contributed by atoms with Gasteiger partial charge < -0.3 is 10.8 Å². The number of hydrogen-bond donors (Lipinski definition) is 2. The fourth-order valence-electron chi connectivity index (χ4n) is 2.50. The summed E-state index contributed by atoms with van der Waals surface area (Å²) < 4.78 is 0. The van der Waals surface area contributed by atoms with Gasteiger partial charge in [-0.2, -0.15) is 0 Å². The van der Waals surface area contributed by atoms with Gasteiger partial charge in [-0.15, -0.1) is 0 Å². The Morgan fingerprint density at radius 3 is 2.11 bits per heavy atom. The zero-order valence-corrected chi connectivity index (χ0v) is 12.6. The van der Waals surface area contributed by atoms with Gasteiger partial charge in [0, 0.05) is 25.7 Å². The smallest absolute Gasteiger partial charge is 0.115 e. The van der Waals surface area contributed by atoms with E-state index in [-0.39, 0.29) is 6.04 Å². The minimum Gasteiger partial charge on any atom is -0.508 e. The Hall–Kier alpha value is -1.06. The van der Waals surface area contributed by atoms with Gasteiger partial charge in [0.1, 0.15) is 5.75 Å². The van der Waals surface area contributed by atoms with Gasteiger partial charge in [-0.1, -0.05) is 39.8 Å². The number of phenolic OH excluding ortho intramolecular Hbond substituents is 1. The van der Waals surface area contributed by atoms with Crippen molar-refractivity contribution in [1.29, 1.82) is 0 Å². The third-order valence-electron chi connectivity index (χ3n) is 3.12. The Balaban J connectivity index is 2.94. The summed E-state index contributed by atoms with van der Waals surface area (Å²) in [6, 6.07) is 7.63. The van der Waals surface area contributed by atoms with Crippen LogP contribution in [0, 0.1) is 11.8 Å². The maximum atomic E-state index is 9.64. The van der Waals surface area contributed by atoms with Crippen LogP contribution in [-0.4, -0.2) is 29.6 Å². The van der Waals surface area contributed by atoms with Gasteiger partial charge in [-0.25, -0.2) is 0 Å². The molecule has 0 aliphatic heterocycles. The van der Waals surface area contributed by atoms with E-state index in [1.165, 1.54) is 0 Å². The highest BCUT2D eigenvalue weighted by atomic mass is 16.3. The number of nitrogens with two attached hydrogens (primary N) is 1. The van der Waals surface area contributed by atoms with Gasteiger partial charge in [0.05, 0.1) is 0 Å². The van der Waals surface area contributed by atoms with Crippen molar-refractivity contribution >= 4 is 0 Å². The molecule has 0 bridgehead atoms. The first-order chi connectivity index (χ1) is 8.93. The van der Waals surface area contributed by atoms with Crippen molar-refractivity contribution in [3.63, 3.8) is 0 Å². The molecule has 0 spiro atoms. The Bertz CT molecular complexity index is 367. The van der Waals surface area contributed by atoms with Gasteiger partial charge in [-0.05, 0) is 29.5 Å². The van der Waals surface area contributed by atoms with Crippen molar-refractivity contribution in [1.82, 2.24) is 4.90 Å². The topological polar surface area (TPSA) is 49.5 Å². The highest BCUT2D eigenvalue weighted by molar-refractivity contribution is 5.29. The molecule has 0 saturated carbocycles. The number of rotatable bonds is 7. The molecule has 0 heterocycles. The lowest BCUT2D eigenvalue weighted by molar-refractivity contribution is 0.160. The first-order valence-corrected chi connectivity index (χ1v) is 7.17. The minimum atomic E-state index is 0.178. The number of hydrogen-bond acceptors (Lipinski definition) is 3. The van der Waals surface area contributed by atoms with Crippen molar-refractivity contribution in [2.75, 3.05) is 19.6 Å². The second-order valence-corrected chi connectivity index (χ2v) is 6.09. The molecule has 0 saturated heterocycles. The molecule has 0 aromatic heterocycles. The Kier molecular flexibility index (Phi) is 6.32. The number of aromatic hydroxyl groups is 1. The van der Waals surface area contributed by atoms with Crippen LogP contribution < -0.4 is 5.73 Å². The maximum Gasteiger partial charge on any atom is 0.115 e. The van der Waals surface area contributed by atoms with E-state index in [2.05, 4.69) is 32.6 Å². The lowest BCUT2D eigenvalue weighted by atomic mass is 10.0. The molecule has 1 aromatic rings. The highest BCUT2D eigenvalue weighted by Gasteiger charge is 2.21. The molecular weight excluding hydrogens is 236 g/mol. The van der Waals surface area contributed by atoms with E-state index < -0.39 is 0 Å². The predicted molar refractivity (Wildman–Crippen MR) is 81.2 cm³/mol. The largest absolute Gasteiger partial charge is 0.508 e. The molecule has 3 nitrogen and oxygen atoms in total. The van der Waals surface area contributed by atoms with Crippen molar-refractivity contribution < 1.29 is 5.11 Å². The van der Waals surface area contributed by atoms with Crippen LogP contribution in [0.15, 0.2) is 24.3 Å². The fourth-order valence-corrected chi connectivity index (χ4v) is 2.50. The van der Waals surface area contributed by atoms with Gasteiger partial charge in [-0.3, -0.25) is 4.90 Å². The highest BCUT2D eigenvalue weighted by Crippen LogP contribution is 2.24. The number of phenols is 1. The van der Waals surface area contributed by atoms with Gasteiger partial charge >= 0.3 is 0 Å². The average molecular weight is 264 g/mol. The van der Waals surface area contributed by atoms with Gasteiger partial charge in [0.25, 0.3) is 0 Å². The molecule has 0 aliphatic rings. The van der Waals surface area contributed by atoms with Crippen molar-refractivity contribution in [2.24, 2.45) is 17.6 Å². The van der Waals surface area contributed by atoms with Crippen LogP contribution in [0.25, 0.3) is 0 Å². The lowest BCUT2D eigenvalue weighted by Gasteiger charge is -2.34. The van der Waals surface area contributed by atoms with E-state index in [1.807, 2.05) is 18.2 Å². The van der Waals surface area contributed by atoms with E-state index in [0.717, 1.165) is 18.7 Å². The molecule has 1 atom stereocenters. The van der Waals surface area contributed by atoms with E-state index in [9.17, 15) is 5.11 Å². The predicted octanol–water partition coefficient (Wildman–Crippen LogP) is 3.01. The van der Waals surface area contributed by atoms with Crippen molar-refractivity contribution in [3.05, 3.63) is 29.8 Å². The van der Waals surface area contributed by atoms with Gasteiger partial charge in [0.2, 0.25) is 0 Å². The summed E-state index contributed by atoms with van der Waals surface area (Å²) in [6.45, 7) is 11.5. The number of nitrogens with zero attached hydrogens (tertiary/aromatic N) is 1. The summed E-state index contributed by atoms with van der Waals surface area (Å²) in [5.41, 5.74) is 7.08. The van der Waals surface area contributed by atoms with Crippen LogP contribution in [0.2, 0.25) is 0 Å². The summed E-state index contributed by atoms with van der Waals surface area (Å²) in [5.74, 6) is 1.51. The molecular formula is C16H28N2O. The molecule has 1 rings (SSSR count). The van der Waals surface area contributed by atoms with Gasteiger partial charge in [0.15, 0.2) is 0 Å². The quantitative estimate of drug-likeness (QED) is 0.796. The monoisotopic (exact) mass is 264 g/mol. The Morgan fingerprint density at radius 1 is 1.11 bits per heavy atom. The zero-order chi connectivity index (χ0) is 14.4. The summed E-state index contributed by atoms with van der Waals surface area (Å²) in [4.78, 5) is 2.43. The molecule has 3 heteroatoms. The minimum absolute atomic E-state index is 0.178. The first kappa shape index (κ1) is 16.0. The number of benzene rings is 1. The normalized spacial score (nSPS) is 13.5. The Labute approximate surface area is 117 Å². The molecule has 1 unspecified atom stereocenters. The first-order valence-electron chi connectivity index (χ1n) is 7.17. The van der Waals surface area contributed by atoms with E-state index >= 15 is 0 Å². The third kappa shape index (κ3) is 5.21. The van der Waals surface area contributed by atoms with Crippen LogP contribution in [0.4, 0.5) is 0 Å². The summed E-state index contributed by atoms with van der Waals surface area (Å²) in [6.07, 6.45) is 0. The van der Waals surface area contributed by atoms with E-state index in [1.54, 1.807) is 6.07 Å². The molecule has 3 N–H and O–H groups in total. The SMILES string of the molecule is CC(C)CN(CC(C)C)C(CN)c1cccc(O)c1. The maximum absolute atomic E-state index is 9.64.